The molecule has 0 aliphatic carbocycles. The molecule has 0 aromatic rings. The van der Waals surface area contributed by atoms with Crippen LogP contribution in [0, 0.1) is 0 Å². The van der Waals surface area contributed by atoms with Gasteiger partial charge in [-0.1, -0.05) is 11.6 Å². The summed E-state index contributed by atoms with van der Waals surface area (Å²) in [6.07, 6.45) is 0. The van der Waals surface area contributed by atoms with E-state index in [0.717, 1.165) is 0 Å². The van der Waals surface area contributed by atoms with Crippen LogP contribution >= 0.6 is 11.6 Å². The number of hydrogen-bond donors (Lipinski definition) is 3. The van der Waals surface area contributed by atoms with Crippen LogP contribution in [0.2, 0.25) is 0 Å². The quantitative estimate of drug-likeness (QED) is 0.309. The molecule has 48 valence electrons. The highest BCUT2D eigenvalue weighted by molar-refractivity contribution is 6.24. The zero-order valence-corrected chi connectivity index (χ0v) is 4.59. The van der Waals surface area contributed by atoms with E-state index < -0.39 is 17.6 Å². The first kappa shape index (κ1) is 6.25. The monoisotopic (exact) mass is 140 g/mol. The number of aliphatic hydroxyl groups excluding tert-OH is 1. The number of ether oxygens (including phenoxy) is 1. The predicted molar refractivity (Wildman–Crippen MR) is 23.9 cm³/mol. The number of rotatable bonds is 1. The van der Waals surface area contributed by atoms with Gasteiger partial charge in [0, 0.05) is 0 Å². The fourth-order valence-corrected chi connectivity index (χ4v) is 0.515. The topological polar surface area (TPSA) is 73.2 Å². The van der Waals surface area contributed by atoms with E-state index in [4.69, 9.17) is 26.9 Å². The Balaban J connectivity index is 2.55. The highest BCUT2D eigenvalue weighted by Crippen LogP contribution is 2.46. The summed E-state index contributed by atoms with van der Waals surface area (Å²) >= 11 is 4.97. The third kappa shape index (κ3) is 0.620. The highest BCUT2D eigenvalue weighted by Gasteiger charge is 2.69. The van der Waals surface area contributed by atoms with Gasteiger partial charge in [-0.2, -0.15) is 0 Å². The third-order valence-electron chi connectivity index (χ3n) is 0.959. The Bertz CT molecular complexity index is 114. The Labute approximate surface area is 50.3 Å². The number of alkyl halides is 1. The lowest BCUT2D eigenvalue weighted by atomic mass is 10.4. The summed E-state index contributed by atoms with van der Waals surface area (Å²) in [6, 6.07) is 0. The normalized spacial score (nSPS) is 54.0. The van der Waals surface area contributed by atoms with Gasteiger partial charge in [0.25, 0.3) is 5.79 Å². The molecule has 5 heteroatoms. The Morgan fingerprint density at radius 2 is 1.88 bits per heavy atom. The van der Waals surface area contributed by atoms with E-state index in [1.807, 2.05) is 0 Å². The van der Waals surface area contributed by atoms with Gasteiger partial charge in [-0.05, 0) is 0 Å². The van der Waals surface area contributed by atoms with Gasteiger partial charge < -0.3 is 15.3 Å². The Kier molecular flexibility index (Phi) is 1.05. The van der Waals surface area contributed by atoms with E-state index in [1.54, 1.807) is 0 Å². The molecule has 2 unspecified atom stereocenters. The average molecular weight is 141 g/mol. The van der Waals surface area contributed by atoms with E-state index >= 15 is 0 Å². The van der Waals surface area contributed by atoms with Crippen molar-refractivity contribution in [3.63, 3.8) is 0 Å². The molecule has 1 aliphatic rings. The highest BCUT2D eigenvalue weighted by atomic mass is 35.5. The summed E-state index contributed by atoms with van der Waals surface area (Å²) in [7, 11) is 0. The smallest absolute Gasteiger partial charge is 0.307 e. The lowest BCUT2D eigenvalue weighted by molar-refractivity contribution is -0.0161. The van der Waals surface area contributed by atoms with Crippen molar-refractivity contribution in [1.29, 1.82) is 0 Å². The molecule has 0 radical (unpaired) electrons. The molecule has 0 saturated carbocycles. The van der Waals surface area contributed by atoms with Crippen LogP contribution < -0.4 is 0 Å². The standard InChI is InChI=1S/C3H5ClO4/c4-3(7)2(6,1-5)8-3/h5-7H,1H2. The van der Waals surface area contributed by atoms with Crippen molar-refractivity contribution in [1.82, 2.24) is 0 Å². The van der Waals surface area contributed by atoms with Crippen molar-refractivity contribution < 1.29 is 20.1 Å². The van der Waals surface area contributed by atoms with Crippen LogP contribution in [0.3, 0.4) is 0 Å². The van der Waals surface area contributed by atoms with Crippen molar-refractivity contribution in [2.75, 3.05) is 6.61 Å². The molecule has 1 aliphatic heterocycles. The molecule has 0 aromatic heterocycles. The molecule has 0 spiro atoms. The van der Waals surface area contributed by atoms with Crippen molar-refractivity contribution >= 4 is 11.6 Å². The number of epoxide rings is 1. The zero-order valence-electron chi connectivity index (χ0n) is 3.83. The molecule has 3 N–H and O–H groups in total. The second kappa shape index (κ2) is 1.34. The summed E-state index contributed by atoms with van der Waals surface area (Å²) in [6.45, 7) is -0.701. The number of aliphatic hydroxyl groups is 3. The minimum absolute atomic E-state index is 0.701. The van der Waals surface area contributed by atoms with Crippen LogP contribution in [0.1, 0.15) is 0 Å². The van der Waals surface area contributed by atoms with E-state index in [2.05, 4.69) is 4.74 Å². The number of hydrogen-bond acceptors (Lipinski definition) is 4. The summed E-state index contributed by atoms with van der Waals surface area (Å²) in [5.74, 6) is -1.94. The van der Waals surface area contributed by atoms with Crippen molar-refractivity contribution in [2.45, 2.75) is 11.0 Å². The fraction of sp³-hybridized carbons (Fsp3) is 1.00. The van der Waals surface area contributed by atoms with Crippen LogP contribution in [0.4, 0.5) is 0 Å². The second-order valence-corrected chi connectivity index (χ2v) is 2.12. The first-order chi connectivity index (χ1) is 3.52. The maximum Gasteiger partial charge on any atom is 0.307 e. The summed E-state index contributed by atoms with van der Waals surface area (Å²) in [4.78, 5) is 0. The molecule has 4 nitrogen and oxygen atoms in total. The Hall–Kier alpha value is 0.130. The van der Waals surface area contributed by atoms with Gasteiger partial charge in [0.15, 0.2) is 0 Å². The molecule has 0 bridgehead atoms. The lowest BCUT2D eigenvalue weighted by Gasteiger charge is -1.96. The molecule has 0 aromatic carbocycles. The maximum atomic E-state index is 8.61. The molecule has 8 heavy (non-hydrogen) atoms. The molecule has 1 fully saturated rings. The first-order valence-electron chi connectivity index (χ1n) is 1.96. The van der Waals surface area contributed by atoms with Crippen LogP contribution in [0.25, 0.3) is 0 Å². The van der Waals surface area contributed by atoms with Gasteiger partial charge in [0.2, 0.25) is 0 Å². The first-order valence-corrected chi connectivity index (χ1v) is 2.34. The fourth-order valence-electron chi connectivity index (χ4n) is 0.328. The lowest BCUT2D eigenvalue weighted by Crippen LogP contribution is -2.24. The molecule has 0 amide bonds. The summed E-state index contributed by atoms with van der Waals surface area (Å²) < 4.78 is 4.07. The van der Waals surface area contributed by atoms with Gasteiger partial charge in [-0.3, -0.25) is 4.74 Å². The maximum absolute atomic E-state index is 8.61. The molecular weight excluding hydrogens is 135 g/mol. The van der Waals surface area contributed by atoms with Crippen LogP contribution in [-0.2, 0) is 4.74 Å². The average Bonchev–Trinajstić information content (AvgIpc) is 2.10. The third-order valence-corrected chi connectivity index (χ3v) is 1.33. The van der Waals surface area contributed by atoms with E-state index in [-0.39, 0.29) is 0 Å². The SMILES string of the molecule is OCC1(O)OC1(O)Cl. The molecule has 1 rings (SSSR count). The van der Waals surface area contributed by atoms with E-state index in [9.17, 15) is 0 Å². The van der Waals surface area contributed by atoms with Crippen molar-refractivity contribution in [3.8, 4) is 0 Å². The summed E-state index contributed by atoms with van der Waals surface area (Å²) in [5, 5.41) is 23.2. The van der Waals surface area contributed by atoms with Crippen LogP contribution in [-0.4, -0.2) is 33.0 Å². The minimum Gasteiger partial charge on any atom is -0.390 e. The molecular formula is C3H5ClO4. The predicted octanol–water partition coefficient (Wildman–Crippen LogP) is -1.42. The van der Waals surface area contributed by atoms with Gasteiger partial charge in [0.1, 0.15) is 6.61 Å². The van der Waals surface area contributed by atoms with Crippen LogP contribution in [0.5, 0.6) is 0 Å². The van der Waals surface area contributed by atoms with Crippen molar-refractivity contribution in [2.24, 2.45) is 0 Å². The molecule has 2 atom stereocenters. The van der Waals surface area contributed by atoms with Gasteiger partial charge in [0.05, 0.1) is 0 Å². The second-order valence-electron chi connectivity index (χ2n) is 1.61. The van der Waals surface area contributed by atoms with Gasteiger partial charge in [-0.25, -0.2) is 0 Å². The van der Waals surface area contributed by atoms with Gasteiger partial charge in [-0.15, -0.1) is 0 Å². The Morgan fingerprint density at radius 3 is 1.88 bits per heavy atom. The zero-order chi connectivity index (χ0) is 6.41. The van der Waals surface area contributed by atoms with Crippen LogP contribution in [0.15, 0.2) is 0 Å². The summed E-state index contributed by atoms with van der Waals surface area (Å²) in [5.41, 5.74) is 0. The molecule has 1 heterocycles. The van der Waals surface area contributed by atoms with E-state index in [0.29, 0.717) is 0 Å². The van der Waals surface area contributed by atoms with Crippen molar-refractivity contribution in [3.05, 3.63) is 0 Å². The minimum atomic E-state index is -2.07. The molecule has 1 saturated heterocycles. The number of halogens is 1. The van der Waals surface area contributed by atoms with Gasteiger partial charge >= 0.3 is 5.25 Å². The largest absolute Gasteiger partial charge is 0.390 e. The van der Waals surface area contributed by atoms with E-state index in [1.165, 1.54) is 0 Å². The Morgan fingerprint density at radius 1 is 1.50 bits per heavy atom.